The van der Waals surface area contributed by atoms with E-state index in [0.717, 1.165) is 43.2 Å². The number of anilines is 1. The predicted octanol–water partition coefficient (Wildman–Crippen LogP) is 3.65. The number of fused-ring (bicyclic) bond motifs is 1. The Hall–Kier alpha value is -3.45. The highest BCUT2D eigenvalue weighted by Crippen LogP contribution is 2.28. The van der Waals surface area contributed by atoms with Crippen molar-refractivity contribution in [2.24, 2.45) is 0 Å². The molecule has 0 radical (unpaired) electrons. The zero-order valence-corrected chi connectivity index (χ0v) is 16.0. The van der Waals surface area contributed by atoms with Crippen LogP contribution in [0.3, 0.4) is 0 Å². The average Bonchev–Trinajstić information content (AvgIpc) is 3.38. The summed E-state index contributed by atoms with van der Waals surface area (Å²) in [4.78, 5) is 15.2. The molecule has 1 unspecified atom stereocenters. The minimum absolute atomic E-state index is 0.343. The van der Waals surface area contributed by atoms with E-state index in [1.54, 1.807) is 0 Å². The van der Waals surface area contributed by atoms with Gasteiger partial charge in [0.25, 0.3) is 0 Å². The van der Waals surface area contributed by atoms with E-state index >= 15 is 0 Å². The Morgan fingerprint density at radius 1 is 0.966 bits per heavy atom. The summed E-state index contributed by atoms with van der Waals surface area (Å²) in [6, 6.07) is 18.5. The summed E-state index contributed by atoms with van der Waals surface area (Å²) in [6.07, 6.45) is 4.39. The largest absolute Gasteiger partial charge is 0.457 e. The first-order valence-electron chi connectivity index (χ1n) is 9.73. The van der Waals surface area contributed by atoms with Crippen molar-refractivity contribution in [2.45, 2.75) is 19.0 Å². The Morgan fingerprint density at radius 3 is 2.59 bits per heavy atom. The molecule has 2 N–H and O–H groups in total. The van der Waals surface area contributed by atoms with E-state index in [1.807, 2.05) is 48.8 Å². The van der Waals surface area contributed by atoms with Crippen LogP contribution in [0.1, 0.15) is 18.0 Å². The number of para-hydroxylation sites is 1. The Balaban J connectivity index is 1.23. The molecule has 146 valence electrons. The second kappa shape index (κ2) is 7.52. The number of imidazole rings is 1. The van der Waals surface area contributed by atoms with Crippen LogP contribution in [0.5, 0.6) is 11.5 Å². The molecule has 5 rings (SSSR count). The van der Waals surface area contributed by atoms with Crippen molar-refractivity contribution in [1.82, 2.24) is 24.4 Å². The minimum Gasteiger partial charge on any atom is -0.457 e. The summed E-state index contributed by atoms with van der Waals surface area (Å²) in [7, 11) is 0. The molecular weight excluding hydrogens is 364 g/mol. The topological polar surface area (TPSA) is 82.1 Å². The van der Waals surface area contributed by atoms with E-state index in [2.05, 4.69) is 36.6 Å². The van der Waals surface area contributed by atoms with Gasteiger partial charge in [-0.1, -0.05) is 30.3 Å². The fraction of sp³-hybridized carbons (Fsp3) is 0.227. The van der Waals surface area contributed by atoms with Crippen LogP contribution in [0.2, 0.25) is 0 Å². The molecule has 3 heterocycles. The molecule has 4 aromatic rings. The smallest absolute Gasteiger partial charge is 0.165 e. The Morgan fingerprint density at radius 2 is 1.76 bits per heavy atom. The number of rotatable bonds is 5. The van der Waals surface area contributed by atoms with Crippen LogP contribution in [-0.2, 0) is 6.54 Å². The van der Waals surface area contributed by atoms with Gasteiger partial charge in [0.1, 0.15) is 23.3 Å². The second-order valence-corrected chi connectivity index (χ2v) is 7.32. The summed E-state index contributed by atoms with van der Waals surface area (Å²) in [5.74, 6) is 2.13. The normalized spacial score (nSPS) is 17.0. The van der Waals surface area contributed by atoms with Crippen molar-refractivity contribution in [3.63, 3.8) is 0 Å². The molecule has 1 atom stereocenters. The van der Waals surface area contributed by atoms with Crippen molar-refractivity contribution < 1.29 is 4.74 Å². The Kier molecular flexibility index (Phi) is 4.57. The van der Waals surface area contributed by atoms with Gasteiger partial charge in [0.15, 0.2) is 11.5 Å². The number of aromatic nitrogens is 4. The number of likely N-dealkylation sites (tertiary alicyclic amines) is 1. The molecule has 1 aliphatic rings. The third-order valence-corrected chi connectivity index (χ3v) is 5.34. The molecular formula is C22H22N6O. The first-order chi connectivity index (χ1) is 14.3. The predicted molar refractivity (Wildman–Crippen MR) is 112 cm³/mol. The lowest BCUT2D eigenvalue weighted by Crippen LogP contribution is -2.21. The van der Waals surface area contributed by atoms with Gasteiger partial charge in [-0.2, -0.15) is 0 Å². The molecule has 0 saturated carbocycles. The van der Waals surface area contributed by atoms with Gasteiger partial charge in [0.05, 0.1) is 12.4 Å². The van der Waals surface area contributed by atoms with Gasteiger partial charge < -0.3 is 15.0 Å². The minimum atomic E-state index is 0.343. The molecule has 1 fully saturated rings. The van der Waals surface area contributed by atoms with Crippen LogP contribution in [-0.4, -0.2) is 37.5 Å². The van der Waals surface area contributed by atoms with Gasteiger partial charge in [-0.15, -0.1) is 0 Å². The van der Waals surface area contributed by atoms with Gasteiger partial charge in [-0.3, -0.25) is 4.90 Å². The van der Waals surface area contributed by atoms with Crippen molar-refractivity contribution in [2.75, 3.05) is 18.8 Å². The first-order valence-corrected chi connectivity index (χ1v) is 9.73. The molecule has 0 bridgehead atoms. The monoisotopic (exact) mass is 386 g/mol. The number of nitrogens with two attached hydrogens (primary N) is 1. The van der Waals surface area contributed by atoms with Gasteiger partial charge in [0.2, 0.25) is 0 Å². The van der Waals surface area contributed by atoms with Crippen LogP contribution in [0.25, 0.3) is 11.2 Å². The maximum absolute atomic E-state index is 5.91. The molecule has 0 aliphatic carbocycles. The van der Waals surface area contributed by atoms with Crippen molar-refractivity contribution >= 4 is 17.0 Å². The van der Waals surface area contributed by atoms with E-state index in [9.17, 15) is 0 Å². The number of benzene rings is 2. The summed E-state index contributed by atoms with van der Waals surface area (Å²) in [5.41, 5.74) is 8.67. The first kappa shape index (κ1) is 17.6. The summed E-state index contributed by atoms with van der Waals surface area (Å²) in [6.45, 7) is 2.90. The van der Waals surface area contributed by atoms with Crippen molar-refractivity contribution in [1.29, 1.82) is 0 Å². The van der Waals surface area contributed by atoms with Crippen molar-refractivity contribution in [3.8, 4) is 11.5 Å². The maximum atomic E-state index is 5.91. The van der Waals surface area contributed by atoms with Crippen molar-refractivity contribution in [3.05, 3.63) is 72.8 Å². The van der Waals surface area contributed by atoms with Gasteiger partial charge in [-0.05, 0) is 36.2 Å². The van der Waals surface area contributed by atoms with Crippen LogP contribution in [0, 0.1) is 0 Å². The molecule has 7 heteroatoms. The van der Waals surface area contributed by atoms with Crippen LogP contribution >= 0.6 is 0 Å². The molecule has 1 saturated heterocycles. The van der Waals surface area contributed by atoms with E-state index in [-0.39, 0.29) is 0 Å². The lowest BCUT2D eigenvalue weighted by atomic mass is 10.2. The second-order valence-electron chi connectivity index (χ2n) is 7.32. The SMILES string of the molecule is Nc1ncnc2c1ncn2C1CCN(Cc2ccc(Oc3ccccc3)cc2)C1. The quantitative estimate of drug-likeness (QED) is 0.564. The number of hydrogen-bond donors (Lipinski definition) is 1. The lowest BCUT2D eigenvalue weighted by molar-refractivity contribution is 0.317. The number of nitrogens with zero attached hydrogens (tertiary/aromatic N) is 5. The third kappa shape index (κ3) is 3.64. The maximum Gasteiger partial charge on any atom is 0.165 e. The molecule has 1 aliphatic heterocycles. The highest BCUT2D eigenvalue weighted by molar-refractivity contribution is 5.81. The number of hydrogen-bond acceptors (Lipinski definition) is 6. The standard InChI is InChI=1S/C22H22N6O/c23-21-20-22(25-14-24-21)28(15-26-20)17-10-11-27(13-17)12-16-6-8-19(9-7-16)29-18-4-2-1-3-5-18/h1-9,14-15,17H,10-13H2,(H2,23,24,25). The Labute approximate surface area is 168 Å². The van der Waals surface area contributed by atoms with Crippen LogP contribution in [0.4, 0.5) is 5.82 Å². The van der Waals surface area contributed by atoms with Gasteiger partial charge in [-0.25, -0.2) is 15.0 Å². The summed E-state index contributed by atoms with van der Waals surface area (Å²) < 4.78 is 8.00. The van der Waals surface area contributed by atoms with Gasteiger partial charge >= 0.3 is 0 Å². The molecule has 29 heavy (non-hydrogen) atoms. The molecule has 0 spiro atoms. The van der Waals surface area contributed by atoms with Crippen LogP contribution in [0.15, 0.2) is 67.3 Å². The molecule has 0 amide bonds. The number of nitrogen functional groups attached to an aromatic ring is 1. The van der Waals surface area contributed by atoms with Gasteiger partial charge in [0, 0.05) is 19.6 Å². The molecule has 2 aromatic carbocycles. The fourth-order valence-corrected chi connectivity index (χ4v) is 3.87. The lowest BCUT2D eigenvalue weighted by Gasteiger charge is -2.17. The average molecular weight is 386 g/mol. The van der Waals surface area contributed by atoms with E-state index in [0.29, 0.717) is 17.4 Å². The fourth-order valence-electron chi connectivity index (χ4n) is 3.87. The zero-order chi connectivity index (χ0) is 19.6. The highest BCUT2D eigenvalue weighted by atomic mass is 16.5. The Bertz CT molecular complexity index is 1110. The summed E-state index contributed by atoms with van der Waals surface area (Å²) in [5, 5.41) is 0. The van der Waals surface area contributed by atoms with E-state index in [4.69, 9.17) is 10.5 Å². The summed E-state index contributed by atoms with van der Waals surface area (Å²) >= 11 is 0. The molecule has 2 aromatic heterocycles. The zero-order valence-electron chi connectivity index (χ0n) is 16.0. The van der Waals surface area contributed by atoms with Crippen LogP contribution < -0.4 is 10.5 Å². The number of ether oxygens (including phenoxy) is 1. The van der Waals surface area contributed by atoms with E-state index < -0.39 is 0 Å². The van der Waals surface area contributed by atoms with E-state index in [1.165, 1.54) is 11.9 Å². The highest BCUT2D eigenvalue weighted by Gasteiger charge is 2.25. The third-order valence-electron chi connectivity index (χ3n) is 5.34. The molecule has 7 nitrogen and oxygen atoms in total.